The van der Waals surface area contributed by atoms with E-state index in [0.29, 0.717) is 0 Å². The van der Waals surface area contributed by atoms with Gasteiger partial charge in [-0.2, -0.15) is 8.42 Å². The molecule has 0 N–H and O–H groups in total. The molecular formula is C20H38O4S. The fourth-order valence-corrected chi connectivity index (χ4v) is 5.11. The standard InChI is InChI=1S/C20H38O4S/c1-6-7-8-9-10-11-12-13-17-14-15-20(2,3)19(23-4)18(17)16-25(21,22)24-5/h12-13,17-19H,6-11,14-16H2,1-5H3/t17-,18+,19+/m0/s1. The smallest absolute Gasteiger partial charge is 0.267 e. The predicted octanol–water partition coefficient (Wildman–Crippen LogP) is 4.95. The molecule has 0 spiro atoms. The van der Waals surface area contributed by atoms with Crippen molar-refractivity contribution < 1.29 is 17.3 Å². The summed E-state index contributed by atoms with van der Waals surface area (Å²) >= 11 is 0. The molecule has 0 heterocycles. The van der Waals surface area contributed by atoms with Gasteiger partial charge in [0.2, 0.25) is 0 Å². The third kappa shape index (κ3) is 7.40. The Morgan fingerprint density at radius 3 is 2.40 bits per heavy atom. The third-order valence-electron chi connectivity index (χ3n) is 5.59. The molecule has 0 aromatic heterocycles. The first-order chi connectivity index (χ1) is 11.8. The number of methoxy groups -OCH3 is 1. The number of unbranched alkanes of at least 4 members (excludes halogenated alkanes) is 5. The minimum atomic E-state index is -3.50. The zero-order valence-electron chi connectivity index (χ0n) is 16.8. The van der Waals surface area contributed by atoms with Crippen LogP contribution in [0.3, 0.4) is 0 Å². The van der Waals surface area contributed by atoms with E-state index in [1.165, 1.54) is 39.2 Å². The molecule has 1 aliphatic carbocycles. The van der Waals surface area contributed by atoms with Crippen LogP contribution in [0.5, 0.6) is 0 Å². The number of allylic oxidation sites excluding steroid dienone is 2. The zero-order chi connectivity index (χ0) is 18.9. The van der Waals surface area contributed by atoms with Crippen LogP contribution in [0.2, 0.25) is 0 Å². The largest absolute Gasteiger partial charge is 0.381 e. The van der Waals surface area contributed by atoms with Crippen LogP contribution < -0.4 is 0 Å². The van der Waals surface area contributed by atoms with Gasteiger partial charge < -0.3 is 4.74 Å². The molecule has 3 atom stereocenters. The van der Waals surface area contributed by atoms with E-state index in [2.05, 4.69) is 32.9 Å². The lowest BCUT2D eigenvalue weighted by Crippen LogP contribution is -2.47. The van der Waals surface area contributed by atoms with Gasteiger partial charge in [-0.25, -0.2) is 0 Å². The van der Waals surface area contributed by atoms with Crippen molar-refractivity contribution in [2.24, 2.45) is 17.3 Å². The topological polar surface area (TPSA) is 52.6 Å². The molecule has 1 fully saturated rings. The summed E-state index contributed by atoms with van der Waals surface area (Å²) in [5.74, 6) is 0.199. The van der Waals surface area contributed by atoms with E-state index < -0.39 is 10.1 Å². The summed E-state index contributed by atoms with van der Waals surface area (Å²) in [5.41, 5.74) is -0.0207. The van der Waals surface area contributed by atoms with Gasteiger partial charge in [-0.15, -0.1) is 0 Å². The van der Waals surface area contributed by atoms with Gasteiger partial charge in [-0.3, -0.25) is 4.18 Å². The lowest BCUT2D eigenvalue weighted by molar-refractivity contribution is -0.0699. The molecule has 0 aromatic rings. The first kappa shape index (κ1) is 22.7. The quantitative estimate of drug-likeness (QED) is 0.292. The van der Waals surface area contributed by atoms with Gasteiger partial charge in [0.05, 0.1) is 19.0 Å². The average Bonchev–Trinajstić information content (AvgIpc) is 2.55. The third-order valence-corrected chi connectivity index (χ3v) is 6.89. The summed E-state index contributed by atoms with van der Waals surface area (Å²) in [5, 5.41) is 0. The number of hydrogen-bond donors (Lipinski definition) is 0. The summed E-state index contributed by atoms with van der Waals surface area (Å²) in [4.78, 5) is 0. The highest BCUT2D eigenvalue weighted by Crippen LogP contribution is 2.44. The van der Waals surface area contributed by atoms with Crippen LogP contribution in [0.1, 0.15) is 72.1 Å². The second-order valence-electron chi connectivity index (χ2n) is 8.03. The second-order valence-corrected chi connectivity index (χ2v) is 9.82. The van der Waals surface area contributed by atoms with E-state index in [-0.39, 0.29) is 29.1 Å². The highest BCUT2D eigenvalue weighted by molar-refractivity contribution is 7.86. The molecule has 25 heavy (non-hydrogen) atoms. The van der Waals surface area contributed by atoms with Crippen LogP contribution in [0.15, 0.2) is 12.2 Å². The molecule has 5 heteroatoms. The van der Waals surface area contributed by atoms with Crippen LogP contribution in [0.4, 0.5) is 0 Å². The van der Waals surface area contributed by atoms with E-state index in [0.717, 1.165) is 19.3 Å². The van der Waals surface area contributed by atoms with Crippen LogP contribution >= 0.6 is 0 Å². The summed E-state index contributed by atoms with van der Waals surface area (Å²) in [6.45, 7) is 6.56. The molecule has 0 aromatic carbocycles. The summed E-state index contributed by atoms with van der Waals surface area (Å²) in [7, 11) is -0.569. The normalized spacial score (nSPS) is 27.0. The van der Waals surface area contributed by atoms with Crippen LogP contribution in [0.25, 0.3) is 0 Å². The Hall–Kier alpha value is -0.390. The summed E-state index contributed by atoms with van der Waals surface area (Å²) in [6, 6.07) is 0. The fourth-order valence-electron chi connectivity index (χ4n) is 4.08. The van der Waals surface area contributed by atoms with Crippen molar-refractivity contribution in [2.75, 3.05) is 20.0 Å². The number of ether oxygens (including phenoxy) is 1. The van der Waals surface area contributed by atoms with Gasteiger partial charge >= 0.3 is 0 Å². The maximum Gasteiger partial charge on any atom is 0.267 e. The van der Waals surface area contributed by atoms with Crippen molar-refractivity contribution in [1.82, 2.24) is 0 Å². The maximum atomic E-state index is 12.1. The van der Waals surface area contributed by atoms with Gasteiger partial charge in [0.1, 0.15) is 0 Å². The molecule has 1 rings (SSSR count). The maximum absolute atomic E-state index is 12.1. The Balaban J connectivity index is 2.74. The van der Waals surface area contributed by atoms with Crippen molar-refractivity contribution in [1.29, 1.82) is 0 Å². The van der Waals surface area contributed by atoms with Crippen LogP contribution in [0, 0.1) is 17.3 Å². The molecule has 0 saturated heterocycles. The van der Waals surface area contributed by atoms with Gasteiger partial charge in [0.25, 0.3) is 10.1 Å². The molecule has 0 radical (unpaired) electrons. The SMILES string of the molecule is CCCCCCCC=C[C@H]1CCC(C)(C)[C@H](OC)[C@@H]1CS(=O)(=O)OC. The summed E-state index contributed by atoms with van der Waals surface area (Å²) in [6.07, 6.45) is 13.9. The Morgan fingerprint density at radius 1 is 1.12 bits per heavy atom. The molecule has 0 bridgehead atoms. The Morgan fingerprint density at radius 2 is 1.80 bits per heavy atom. The van der Waals surface area contributed by atoms with Crippen molar-refractivity contribution in [3.8, 4) is 0 Å². The molecule has 148 valence electrons. The Kier molecular flexibility index (Phi) is 9.68. The van der Waals surface area contributed by atoms with E-state index in [1.807, 2.05) is 0 Å². The van der Waals surface area contributed by atoms with E-state index in [1.54, 1.807) is 7.11 Å². The predicted molar refractivity (Wildman–Crippen MR) is 104 cm³/mol. The lowest BCUT2D eigenvalue weighted by atomic mass is 9.65. The highest BCUT2D eigenvalue weighted by Gasteiger charge is 2.45. The fraction of sp³-hybridized carbons (Fsp3) is 0.900. The molecule has 0 unspecified atom stereocenters. The van der Waals surface area contributed by atoms with E-state index in [4.69, 9.17) is 8.92 Å². The first-order valence-corrected chi connectivity index (χ1v) is 11.3. The average molecular weight is 375 g/mol. The van der Waals surface area contributed by atoms with Crippen LogP contribution in [-0.4, -0.2) is 34.5 Å². The van der Waals surface area contributed by atoms with Gasteiger partial charge in [-0.05, 0) is 37.0 Å². The van der Waals surface area contributed by atoms with Crippen LogP contribution in [-0.2, 0) is 19.0 Å². The van der Waals surface area contributed by atoms with Crippen molar-refractivity contribution in [3.05, 3.63) is 12.2 Å². The molecule has 1 aliphatic rings. The lowest BCUT2D eigenvalue weighted by Gasteiger charge is -2.46. The van der Waals surface area contributed by atoms with E-state index >= 15 is 0 Å². The Bertz CT molecular complexity index is 496. The summed E-state index contributed by atoms with van der Waals surface area (Å²) < 4.78 is 34.6. The van der Waals surface area contributed by atoms with E-state index in [9.17, 15) is 8.42 Å². The molecule has 0 amide bonds. The van der Waals surface area contributed by atoms with Gasteiger partial charge in [-0.1, -0.05) is 58.6 Å². The molecular weight excluding hydrogens is 336 g/mol. The number of hydrogen-bond acceptors (Lipinski definition) is 4. The first-order valence-electron chi connectivity index (χ1n) is 9.75. The number of rotatable bonds is 11. The highest BCUT2D eigenvalue weighted by atomic mass is 32.2. The van der Waals surface area contributed by atoms with Gasteiger partial charge in [0, 0.05) is 13.0 Å². The monoisotopic (exact) mass is 374 g/mol. The minimum absolute atomic E-state index is 0.0207. The van der Waals surface area contributed by atoms with Crippen molar-refractivity contribution in [3.63, 3.8) is 0 Å². The second kappa shape index (κ2) is 10.7. The molecule has 4 nitrogen and oxygen atoms in total. The molecule has 1 saturated carbocycles. The zero-order valence-corrected chi connectivity index (χ0v) is 17.6. The minimum Gasteiger partial charge on any atom is -0.381 e. The van der Waals surface area contributed by atoms with Crippen molar-refractivity contribution >= 4 is 10.1 Å². The van der Waals surface area contributed by atoms with Gasteiger partial charge in [0.15, 0.2) is 0 Å². The molecule has 0 aliphatic heterocycles. The Labute approximate surface area is 155 Å². The van der Waals surface area contributed by atoms with Crippen molar-refractivity contribution in [2.45, 2.75) is 78.2 Å².